The van der Waals surface area contributed by atoms with Gasteiger partial charge in [0.1, 0.15) is 18.0 Å². The zero-order valence-corrected chi connectivity index (χ0v) is 23.7. The van der Waals surface area contributed by atoms with E-state index in [-0.39, 0.29) is 24.4 Å². The lowest BCUT2D eigenvalue weighted by Gasteiger charge is -2.34. The number of piperidine rings is 1. The van der Waals surface area contributed by atoms with Gasteiger partial charge in [-0.2, -0.15) is 0 Å². The zero-order chi connectivity index (χ0) is 28.7. The number of hydrogen-bond donors (Lipinski definition) is 1. The molecule has 7 nitrogen and oxygen atoms in total. The number of nitrogens with zero attached hydrogens (tertiary/aromatic N) is 1. The van der Waals surface area contributed by atoms with Gasteiger partial charge in [-0.05, 0) is 67.5 Å². The predicted molar refractivity (Wildman–Crippen MR) is 155 cm³/mol. The van der Waals surface area contributed by atoms with Crippen LogP contribution in [0.25, 0.3) is 11.1 Å². The summed E-state index contributed by atoms with van der Waals surface area (Å²) >= 11 is 0. The maximum absolute atomic E-state index is 12.9. The smallest absolute Gasteiger partial charge is 0.410 e. The van der Waals surface area contributed by atoms with Crippen molar-refractivity contribution in [1.82, 2.24) is 10.2 Å². The molecule has 0 saturated carbocycles. The van der Waals surface area contributed by atoms with Crippen molar-refractivity contribution in [1.29, 1.82) is 0 Å². The molecule has 3 aromatic rings. The number of ketones is 1. The van der Waals surface area contributed by atoms with Gasteiger partial charge in [-0.3, -0.25) is 4.79 Å². The molecule has 1 unspecified atom stereocenters. The Hall–Kier alpha value is -4.13. The number of ether oxygens (including phenoxy) is 2. The highest BCUT2D eigenvalue weighted by Gasteiger charge is 2.33. The van der Waals surface area contributed by atoms with E-state index in [9.17, 15) is 14.4 Å². The van der Waals surface area contributed by atoms with Crippen molar-refractivity contribution < 1.29 is 23.9 Å². The van der Waals surface area contributed by atoms with Gasteiger partial charge in [-0.25, -0.2) is 9.59 Å². The largest absolute Gasteiger partial charge is 0.445 e. The molecule has 0 radical (unpaired) electrons. The van der Waals surface area contributed by atoms with Gasteiger partial charge in [-0.15, -0.1) is 0 Å². The molecule has 7 heteroatoms. The van der Waals surface area contributed by atoms with Crippen molar-refractivity contribution in [3.8, 4) is 11.1 Å². The monoisotopic (exact) mass is 542 g/mol. The quantitative estimate of drug-likeness (QED) is 0.372. The highest BCUT2D eigenvalue weighted by molar-refractivity contribution is 5.89. The molecule has 1 fully saturated rings. The van der Waals surface area contributed by atoms with E-state index in [2.05, 4.69) is 23.5 Å². The Morgan fingerprint density at radius 3 is 2.45 bits per heavy atom. The molecule has 1 heterocycles. The summed E-state index contributed by atoms with van der Waals surface area (Å²) in [5.41, 5.74) is 5.49. The fourth-order valence-electron chi connectivity index (χ4n) is 4.92. The molecule has 0 bridgehead atoms. The lowest BCUT2D eigenvalue weighted by Crippen LogP contribution is -2.45. The van der Waals surface area contributed by atoms with Crippen molar-refractivity contribution >= 4 is 18.0 Å². The normalized spacial score (nSPS) is 15.4. The Labute approximate surface area is 236 Å². The first-order chi connectivity index (χ1) is 19.1. The minimum absolute atomic E-state index is 0.140. The zero-order valence-electron chi connectivity index (χ0n) is 23.7. The summed E-state index contributed by atoms with van der Waals surface area (Å²) in [4.78, 5) is 39.3. The van der Waals surface area contributed by atoms with Crippen LogP contribution < -0.4 is 5.32 Å². The van der Waals surface area contributed by atoms with Crippen molar-refractivity contribution in [3.05, 3.63) is 95.1 Å². The Balaban J connectivity index is 1.40. The van der Waals surface area contributed by atoms with Gasteiger partial charge in [0.2, 0.25) is 0 Å². The van der Waals surface area contributed by atoms with E-state index in [1.165, 1.54) is 0 Å². The highest BCUT2D eigenvalue weighted by atomic mass is 16.6. The lowest BCUT2D eigenvalue weighted by atomic mass is 9.85. The van der Waals surface area contributed by atoms with Crippen LogP contribution in [0.5, 0.6) is 0 Å². The van der Waals surface area contributed by atoms with E-state index in [0.29, 0.717) is 32.5 Å². The maximum Gasteiger partial charge on any atom is 0.410 e. The average molecular weight is 543 g/mol. The number of alkyl carbamates (subject to hydrolysis) is 1. The molecule has 1 aliphatic rings. The van der Waals surface area contributed by atoms with Crippen LogP contribution in [0.1, 0.15) is 55.4 Å². The first-order valence-corrected chi connectivity index (χ1v) is 13.7. The number of hydrogen-bond acceptors (Lipinski definition) is 5. The number of benzene rings is 3. The van der Waals surface area contributed by atoms with Gasteiger partial charge >= 0.3 is 12.2 Å². The summed E-state index contributed by atoms with van der Waals surface area (Å²) in [6.45, 7) is 8.89. The fraction of sp³-hybridized carbons (Fsp3) is 0.364. The standard InChI is InChI=1S/C33H38N2O5/c1-23-20-26(14-15-27(23)29-21-35(19-17-30(29)36)32(38)40-33(2,3)4)28-13-9-8-12-25(28)16-18-34-31(37)39-22-24-10-6-5-7-11-24/h5-15,20,29H,16-19,21-22H2,1-4H3,(H,34,37). The maximum atomic E-state index is 12.9. The van der Waals surface area contributed by atoms with Gasteiger partial charge in [-0.1, -0.05) is 72.8 Å². The SMILES string of the molecule is Cc1cc(-c2ccccc2CCNC(=O)OCc2ccccc2)ccc1C1CN(C(=O)OC(C)(C)C)CCC1=O. The van der Waals surface area contributed by atoms with Crippen molar-refractivity contribution in [3.63, 3.8) is 0 Å². The lowest BCUT2D eigenvalue weighted by molar-refractivity contribution is -0.123. The minimum atomic E-state index is -0.586. The second-order valence-electron chi connectivity index (χ2n) is 11.2. The molecule has 1 atom stereocenters. The average Bonchev–Trinajstić information content (AvgIpc) is 2.92. The summed E-state index contributed by atoms with van der Waals surface area (Å²) in [6, 6.07) is 23.8. The molecule has 1 aliphatic heterocycles. The molecular formula is C33H38N2O5. The molecule has 2 amide bonds. The Morgan fingerprint density at radius 1 is 1.00 bits per heavy atom. The number of nitrogens with one attached hydrogen (secondary N) is 1. The first kappa shape index (κ1) is 28.9. The predicted octanol–water partition coefficient (Wildman–Crippen LogP) is 6.42. The molecule has 0 aliphatic carbocycles. The summed E-state index contributed by atoms with van der Waals surface area (Å²) in [6.07, 6.45) is 0.128. The molecule has 0 spiro atoms. The van der Waals surface area contributed by atoms with E-state index >= 15 is 0 Å². The molecule has 210 valence electrons. The van der Waals surface area contributed by atoms with Gasteiger partial charge < -0.3 is 19.7 Å². The van der Waals surface area contributed by atoms with Gasteiger partial charge in [0.05, 0.1) is 5.92 Å². The van der Waals surface area contributed by atoms with Crippen molar-refractivity contribution in [2.45, 2.75) is 58.7 Å². The van der Waals surface area contributed by atoms with E-state index in [0.717, 1.165) is 33.4 Å². The van der Waals surface area contributed by atoms with Crippen LogP contribution in [0.2, 0.25) is 0 Å². The molecule has 40 heavy (non-hydrogen) atoms. The Kier molecular flexibility index (Phi) is 9.25. The van der Waals surface area contributed by atoms with E-state index in [4.69, 9.17) is 9.47 Å². The third kappa shape index (κ3) is 7.72. The van der Waals surface area contributed by atoms with Crippen LogP contribution in [0, 0.1) is 6.92 Å². The van der Waals surface area contributed by atoms with Crippen LogP contribution >= 0.6 is 0 Å². The third-order valence-electron chi connectivity index (χ3n) is 6.92. The van der Waals surface area contributed by atoms with Crippen LogP contribution in [0.3, 0.4) is 0 Å². The summed E-state index contributed by atoms with van der Waals surface area (Å²) in [5.74, 6) is -0.238. The van der Waals surface area contributed by atoms with Crippen LogP contribution in [-0.2, 0) is 27.3 Å². The van der Waals surface area contributed by atoms with Crippen molar-refractivity contribution in [2.24, 2.45) is 0 Å². The van der Waals surface area contributed by atoms with E-state index in [1.54, 1.807) is 4.90 Å². The Bertz CT molecular complexity index is 1350. The van der Waals surface area contributed by atoms with Gasteiger partial charge in [0, 0.05) is 26.1 Å². The van der Waals surface area contributed by atoms with Crippen LogP contribution in [0.15, 0.2) is 72.8 Å². The summed E-state index contributed by atoms with van der Waals surface area (Å²) < 4.78 is 10.9. The van der Waals surface area contributed by atoms with E-state index < -0.39 is 11.7 Å². The number of carbonyl (C=O) groups is 3. The number of likely N-dealkylation sites (tertiary alicyclic amines) is 1. The van der Waals surface area contributed by atoms with E-state index in [1.807, 2.05) is 82.3 Å². The van der Waals surface area contributed by atoms with Crippen LogP contribution in [0.4, 0.5) is 9.59 Å². The Morgan fingerprint density at radius 2 is 1.73 bits per heavy atom. The minimum Gasteiger partial charge on any atom is -0.445 e. The van der Waals surface area contributed by atoms with Crippen LogP contribution in [-0.4, -0.2) is 48.1 Å². The molecule has 1 N–H and O–H groups in total. The summed E-state index contributed by atoms with van der Waals surface area (Å²) in [7, 11) is 0. The third-order valence-corrected chi connectivity index (χ3v) is 6.92. The number of aryl methyl sites for hydroxylation is 1. The number of rotatable bonds is 7. The van der Waals surface area contributed by atoms with Gasteiger partial charge in [0.15, 0.2) is 0 Å². The first-order valence-electron chi connectivity index (χ1n) is 13.7. The summed E-state index contributed by atoms with van der Waals surface area (Å²) in [5, 5.41) is 2.83. The highest BCUT2D eigenvalue weighted by Crippen LogP contribution is 2.32. The van der Waals surface area contributed by atoms with Gasteiger partial charge in [0.25, 0.3) is 0 Å². The molecule has 3 aromatic carbocycles. The number of amides is 2. The molecule has 4 rings (SSSR count). The fourth-order valence-corrected chi connectivity index (χ4v) is 4.92. The molecule has 0 aromatic heterocycles. The second-order valence-corrected chi connectivity index (χ2v) is 11.2. The molecule has 1 saturated heterocycles. The second kappa shape index (κ2) is 12.8. The van der Waals surface area contributed by atoms with Crippen molar-refractivity contribution in [2.75, 3.05) is 19.6 Å². The molecular weight excluding hydrogens is 504 g/mol. The topological polar surface area (TPSA) is 84.9 Å². The number of carbonyl (C=O) groups excluding carboxylic acids is 3. The number of Topliss-reactive ketones (excluding diaryl/α,β-unsaturated/α-hetero) is 1.